The third-order valence-corrected chi connectivity index (χ3v) is 4.57. The van der Waals surface area contributed by atoms with Crippen LogP contribution in [-0.2, 0) is 11.3 Å². The van der Waals surface area contributed by atoms with Gasteiger partial charge in [-0.2, -0.15) is 4.98 Å². The summed E-state index contributed by atoms with van der Waals surface area (Å²) < 4.78 is 11.7. The SMILES string of the molecule is Cc1cccc(-c2noc(CNC(=O)COc3ccc(Br)c(C)c3)n2)c1. The lowest BCUT2D eigenvalue weighted by Crippen LogP contribution is -2.28. The molecular weight excluding hydrogens is 398 g/mol. The molecule has 1 N–H and O–H groups in total. The highest BCUT2D eigenvalue weighted by Crippen LogP contribution is 2.21. The van der Waals surface area contributed by atoms with Crippen molar-refractivity contribution in [1.29, 1.82) is 0 Å². The molecule has 3 rings (SSSR count). The first kappa shape index (κ1) is 18.1. The summed E-state index contributed by atoms with van der Waals surface area (Å²) in [4.78, 5) is 16.2. The molecule has 0 aliphatic rings. The number of rotatable bonds is 6. The fourth-order valence-corrected chi connectivity index (χ4v) is 2.56. The van der Waals surface area contributed by atoms with Crippen molar-refractivity contribution >= 4 is 21.8 Å². The molecule has 0 unspecified atom stereocenters. The van der Waals surface area contributed by atoms with Gasteiger partial charge in [0.1, 0.15) is 5.75 Å². The van der Waals surface area contributed by atoms with Crippen molar-refractivity contribution < 1.29 is 14.1 Å². The third kappa shape index (κ3) is 4.70. The molecular formula is C19H18BrN3O3. The summed E-state index contributed by atoms with van der Waals surface area (Å²) in [6.45, 7) is 4.02. The van der Waals surface area contributed by atoms with Crippen LogP contribution >= 0.6 is 15.9 Å². The first-order valence-electron chi connectivity index (χ1n) is 8.06. The number of halogens is 1. The number of nitrogens with zero attached hydrogens (tertiary/aromatic N) is 2. The molecule has 0 saturated heterocycles. The number of nitrogens with one attached hydrogen (secondary N) is 1. The van der Waals surface area contributed by atoms with E-state index in [0.29, 0.717) is 17.5 Å². The molecule has 1 aromatic heterocycles. The van der Waals surface area contributed by atoms with Crippen molar-refractivity contribution in [3.05, 3.63) is 64.0 Å². The van der Waals surface area contributed by atoms with Gasteiger partial charge >= 0.3 is 0 Å². The lowest BCUT2D eigenvalue weighted by molar-refractivity contribution is -0.123. The molecule has 0 aliphatic heterocycles. The Kier molecular flexibility index (Phi) is 5.68. The predicted molar refractivity (Wildman–Crippen MR) is 101 cm³/mol. The minimum absolute atomic E-state index is 0.0834. The van der Waals surface area contributed by atoms with E-state index in [1.54, 1.807) is 6.07 Å². The number of carbonyl (C=O) groups excluding carboxylic acids is 1. The molecule has 3 aromatic rings. The number of benzene rings is 2. The Morgan fingerprint density at radius 3 is 2.85 bits per heavy atom. The van der Waals surface area contributed by atoms with Gasteiger partial charge in [-0.3, -0.25) is 4.79 Å². The maximum Gasteiger partial charge on any atom is 0.258 e. The van der Waals surface area contributed by atoms with Gasteiger partial charge in [-0.25, -0.2) is 0 Å². The molecule has 1 amide bonds. The Morgan fingerprint density at radius 1 is 1.23 bits per heavy atom. The van der Waals surface area contributed by atoms with Crippen LogP contribution in [0.3, 0.4) is 0 Å². The highest BCUT2D eigenvalue weighted by Gasteiger charge is 2.10. The Hall–Kier alpha value is -2.67. The van der Waals surface area contributed by atoms with Gasteiger partial charge in [0.2, 0.25) is 11.7 Å². The van der Waals surface area contributed by atoms with Crippen molar-refractivity contribution in [2.75, 3.05) is 6.61 Å². The van der Waals surface area contributed by atoms with E-state index < -0.39 is 0 Å². The lowest BCUT2D eigenvalue weighted by atomic mass is 10.1. The topological polar surface area (TPSA) is 77.2 Å². The van der Waals surface area contributed by atoms with Crippen molar-refractivity contribution in [1.82, 2.24) is 15.5 Å². The molecule has 0 fully saturated rings. The summed E-state index contributed by atoms with van der Waals surface area (Å²) in [5.74, 6) is 1.22. The first-order chi connectivity index (χ1) is 12.5. The molecule has 0 saturated carbocycles. The van der Waals surface area contributed by atoms with Crippen LogP contribution in [0.1, 0.15) is 17.0 Å². The number of hydrogen-bond donors (Lipinski definition) is 1. The molecule has 6 nitrogen and oxygen atoms in total. The minimum atomic E-state index is -0.263. The first-order valence-corrected chi connectivity index (χ1v) is 8.86. The molecule has 0 radical (unpaired) electrons. The van der Waals surface area contributed by atoms with Crippen LogP contribution < -0.4 is 10.1 Å². The number of aryl methyl sites for hydroxylation is 2. The zero-order valence-corrected chi connectivity index (χ0v) is 16.0. The van der Waals surface area contributed by atoms with Gasteiger partial charge in [0.15, 0.2) is 6.61 Å². The Bertz CT molecular complexity index is 924. The molecule has 26 heavy (non-hydrogen) atoms. The van der Waals surface area contributed by atoms with Gasteiger partial charge in [-0.1, -0.05) is 44.8 Å². The Labute approximate surface area is 159 Å². The summed E-state index contributed by atoms with van der Waals surface area (Å²) in [5.41, 5.74) is 3.03. The molecule has 7 heteroatoms. The highest BCUT2D eigenvalue weighted by molar-refractivity contribution is 9.10. The van der Waals surface area contributed by atoms with Gasteiger partial charge in [-0.05, 0) is 43.7 Å². The number of hydrogen-bond acceptors (Lipinski definition) is 5. The normalized spacial score (nSPS) is 10.6. The fraction of sp³-hybridized carbons (Fsp3) is 0.211. The molecule has 0 atom stereocenters. The average Bonchev–Trinajstić information content (AvgIpc) is 3.10. The van der Waals surface area contributed by atoms with Crippen LogP contribution in [0.5, 0.6) is 5.75 Å². The smallest absolute Gasteiger partial charge is 0.258 e. The lowest BCUT2D eigenvalue weighted by Gasteiger charge is -2.07. The van der Waals surface area contributed by atoms with Crippen molar-refractivity contribution in [2.24, 2.45) is 0 Å². The summed E-state index contributed by atoms with van der Waals surface area (Å²) >= 11 is 3.42. The Balaban J connectivity index is 1.51. The molecule has 2 aromatic carbocycles. The number of aromatic nitrogens is 2. The molecule has 134 valence electrons. The fourth-order valence-electron chi connectivity index (χ4n) is 2.31. The standard InChI is InChI=1S/C19H18BrN3O3/c1-12-4-3-5-14(8-12)19-22-18(26-23-19)10-21-17(24)11-25-15-6-7-16(20)13(2)9-15/h3-9H,10-11H2,1-2H3,(H,21,24). The van der Waals surface area contributed by atoms with E-state index in [4.69, 9.17) is 9.26 Å². The molecule has 1 heterocycles. The van der Waals surface area contributed by atoms with E-state index in [1.165, 1.54) is 0 Å². The van der Waals surface area contributed by atoms with Crippen molar-refractivity contribution in [2.45, 2.75) is 20.4 Å². The van der Waals surface area contributed by atoms with E-state index in [2.05, 4.69) is 31.4 Å². The van der Waals surface area contributed by atoms with Gasteiger partial charge < -0.3 is 14.6 Å². The number of carbonyl (C=O) groups is 1. The molecule has 0 aliphatic carbocycles. The monoisotopic (exact) mass is 415 g/mol. The van der Waals surface area contributed by atoms with E-state index in [0.717, 1.165) is 21.2 Å². The van der Waals surface area contributed by atoms with Crippen molar-refractivity contribution in [3.63, 3.8) is 0 Å². The zero-order chi connectivity index (χ0) is 18.5. The summed E-state index contributed by atoms with van der Waals surface area (Å²) in [6.07, 6.45) is 0. The van der Waals surface area contributed by atoms with Crippen LogP contribution in [0.4, 0.5) is 0 Å². The third-order valence-electron chi connectivity index (χ3n) is 3.68. The summed E-state index contributed by atoms with van der Waals surface area (Å²) in [7, 11) is 0. The van der Waals surface area contributed by atoms with Crippen molar-refractivity contribution in [3.8, 4) is 17.1 Å². The maximum atomic E-state index is 11.9. The van der Waals surface area contributed by atoms with E-state index in [1.807, 2.05) is 50.2 Å². The predicted octanol–water partition coefficient (Wildman–Crippen LogP) is 3.81. The summed E-state index contributed by atoms with van der Waals surface area (Å²) in [6, 6.07) is 13.4. The van der Waals surface area contributed by atoms with E-state index >= 15 is 0 Å². The zero-order valence-electron chi connectivity index (χ0n) is 14.5. The van der Waals surface area contributed by atoms with Crippen LogP contribution in [0, 0.1) is 13.8 Å². The quantitative estimate of drug-likeness (QED) is 0.661. The van der Waals surface area contributed by atoms with E-state index in [-0.39, 0.29) is 19.1 Å². The van der Waals surface area contributed by atoms with Crippen LogP contribution in [0.15, 0.2) is 51.5 Å². The average molecular weight is 416 g/mol. The molecule has 0 spiro atoms. The van der Waals surface area contributed by atoms with Gasteiger partial charge in [0.25, 0.3) is 5.91 Å². The van der Waals surface area contributed by atoms with Gasteiger partial charge in [-0.15, -0.1) is 0 Å². The van der Waals surface area contributed by atoms with Gasteiger partial charge in [0.05, 0.1) is 6.54 Å². The van der Waals surface area contributed by atoms with Crippen LogP contribution in [0.2, 0.25) is 0 Å². The van der Waals surface area contributed by atoms with Crippen LogP contribution in [0.25, 0.3) is 11.4 Å². The Morgan fingerprint density at radius 2 is 2.08 bits per heavy atom. The second kappa shape index (κ2) is 8.14. The second-order valence-electron chi connectivity index (χ2n) is 5.86. The minimum Gasteiger partial charge on any atom is -0.484 e. The maximum absolute atomic E-state index is 11.9. The largest absolute Gasteiger partial charge is 0.484 e. The summed E-state index contributed by atoms with van der Waals surface area (Å²) in [5, 5.41) is 6.65. The number of ether oxygens (including phenoxy) is 1. The molecule has 0 bridgehead atoms. The van der Waals surface area contributed by atoms with E-state index in [9.17, 15) is 4.79 Å². The highest BCUT2D eigenvalue weighted by atomic mass is 79.9. The number of amides is 1. The van der Waals surface area contributed by atoms with Crippen LogP contribution in [-0.4, -0.2) is 22.7 Å². The van der Waals surface area contributed by atoms with Gasteiger partial charge in [0, 0.05) is 10.0 Å². The second-order valence-corrected chi connectivity index (χ2v) is 6.71.